The molecule has 0 spiro atoms. The van der Waals surface area contributed by atoms with Gasteiger partial charge in [-0.1, -0.05) is 187 Å². The molecule has 0 saturated carbocycles. The topological polar surface area (TPSA) is 0 Å². The molecule has 4 heteroatoms. The lowest BCUT2D eigenvalue weighted by atomic mass is 9.71. The van der Waals surface area contributed by atoms with Gasteiger partial charge in [-0.2, -0.15) is 13.2 Å². The first-order chi connectivity index (χ1) is 41.1. The second-order valence-electron chi connectivity index (χ2n) is 25.6. The van der Waals surface area contributed by atoms with Crippen LogP contribution < -0.4 is 0 Å². The molecule has 10 aromatic rings. The van der Waals surface area contributed by atoms with Gasteiger partial charge in [0, 0.05) is 21.7 Å². The van der Waals surface area contributed by atoms with Gasteiger partial charge in [0.1, 0.15) is 12.1 Å². The van der Waals surface area contributed by atoms with Crippen LogP contribution in [-0.2, 0) is 27.1 Å². The zero-order valence-electron chi connectivity index (χ0n) is 49.9. The average molecular weight is 1120 g/mol. The highest BCUT2D eigenvalue weighted by Gasteiger charge is 2.58. The van der Waals surface area contributed by atoms with Crippen molar-refractivity contribution >= 4 is 0 Å². The molecule has 0 radical (unpaired) electrons. The average Bonchev–Trinajstić information content (AvgIpc) is 2.02. The summed E-state index contributed by atoms with van der Waals surface area (Å²) in [6.45, 7) is 16.8. The number of benzene rings is 10. The predicted molar refractivity (Wildman–Crippen MR) is 344 cm³/mol. The minimum absolute atomic E-state index is 0.146. The number of halogens is 4. The van der Waals surface area contributed by atoms with Gasteiger partial charge in [0.2, 0.25) is 0 Å². The van der Waals surface area contributed by atoms with Crippen molar-refractivity contribution in [2.75, 3.05) is 6.67 Å². The Balaban J connectivity index is 1.01. The molecule has 0 bridgehead atoms. The summed E-state index contributed by atoms with van der Waals surface area (Å²) in [5, 5.41) is 0. The van der Waals surface area contributed by atoms with Gasteiger partial charge < -0.3 is 0 Å². The Morgan fingerprint density at radius 3 is 0.953 bits per heavy atom. The predicted octanol–water partition coefficient (Wildman–Crippen LogP) is 22.7. The van der Waals surface area contributed by atoms with Crippen molar-refractivity contribution in [1.82, 2.24) is 0 Å². The number of hydrogen-bond acceptors (Lipinski definition) is 0. The van der Waals surface area contributed by atoms with E-state index in [-0.39, 0.29) is 22.0 Å². The van der Waals surface area contributed by atoms with E-state index in [4.69, 9.17) is 0 Å². The molecular weight excluding hydrogens is 1050 g/mol. The quantitative estimate of drug-likeness (QED) is 0.113. The maximum atomic E-state index is 16.0. The van der Waals surface area contributed by atoms with E-state index in [0.717, 1.165) is 116 Å². The smallest absolute Gasteiger partial charge is 0.250 e. The van der Waals surface area contributed by atoms with Crippen LogP contribution in [0.1, 0.15) is 150 Å². The van der Waals surface area contributed by atoms with Gasteiger partial charge in [-0.3, -0.25) is 0 Å². The summed E-state index contributed by atoms with van der Waals surface area (Å²) in [5.74, 6) is 0. The lowest BCUT2D eigenvalue weighted by Gasteiger charge is -2.32. The van der Waals surface area contributed by atoms with E-state index in [0.29, 0.717) is 11.1 Å². The lowest BCUT2D eigenvalue weighted by molar-refractivity contribution is -0.172. The molecule has 10 aromatic carbocycles. The highest BCUT2D eigenvalue weighted by molar-refractivity contribution is 6.00. The molecular formula is C81H70F4. The first kappa shape index (κ1) is 53.6. The molecule has 0 fully saturated rings. The summed E-state index contributed by atoms with van der Waals surface area (Å²) in [6, 6.07) is 69.6. The van der Waals surface area contributed by atoms with Crippen LogP contribution >= 0.6 is 0 Å². The van der Waals surface area contributed by atoms with Gasteiger partial charge in [0.25, 0.3) is 0 Å². The molecule has 0 nitrogen and oxygen atoms in total. The molecule has 2 unspecified atom stereocenters. The molecule has 0 heterocycles. The van der Waals surface area contributed by atoms with E-state index < -0.39 is 29.1 Å². The summed E-state index contributed by atoms with van der Waals surface area (Å²) in [6.07, 6.45) is 0.913. The minimum atomic E-state index is -4.55. The third kappa shape index (κ3) is 6.86. The van der Waals surface area contributed by atoms with Crippen molar-refractivity contribution in [1.29, 1.82) is 0 Å². The van der Waals surface area contributed by atoms with Crippen molar-refractivity contribution in [3.63, 3.8) is 0 Å². The fraction of sp³-hybridized carbons (Fsp3) is 0.259. The number of hydrogen-bond donors (Lipinski definition) is 0. The fourth-order valence-corrected chi connectivity index (χ4v) is 17.7. The zero-order chi connectivity index (χ0) is 58.7. The van der Waals surface area contributed by atoms with Gasteiger partial charge in [-0.05, 0) is 257 Å². The summed E-state index contributed by atoms with van der Waals surface area (Å²) >= 11 is 0. The van der Waals surface area contributed by atoms with Crippen molar-refractivity contribution in [2.45, 2.75) is 127 Å². The van der Waals surface area contributed by atoms with Crippen molar-refractivity contribution in [3.8, 4) is 100 Å². The van der Waals surface area contributed by atoms with E-state index in [1.165, 1.54) is 62.6 Å². The fourth-order valence-electron chi connectivity index (χ4n) is 17.7. The van der Waals surface area contributed by atoms with Crippen LogP contribution in [0.15, 0.2) is 194 Å². The SMILES string of the molecule is CCC1(CC)c2ccccc2-c2ccc(-c3cc4c(cc3-c3ccc5c(c3)C(C)(CF)c3ccccc3-5)-c3cc(-c5ccc6c(c5)C(C)(C(F)(F)F)c5ccccc5-6)c(-c5ccc6c(c5)C(CC)(CC)c5ccccc5-6)cc3C4(CC)CC)cc21. The third-order valence-electron chi connectivity index (χ3n) is 22.6. The highest BCUT2D eigenvalue weighted by atomic mass is 19.4. The number of fused-ring (bicyclic) bond motifs is 15. The Hall–Kier alpha value is -8.08. The van der Waals surface area contributed by atoms with Crippen molar-refractivity contribution < 1.29 is 17.6 Å². The highest BCUT2D eigenvalue weighted by Crippen LogP contribution is 2.62. The number of rotatable bonds is 11. The van der Waals surface area contributed by atoms with Crippen LogP contribution in [0.3, 0.4) is 0 Å². The molecule has 0 saturated heterocycles. The molecule has 0 aliphatic heterocycles. The van der Waals surface area contributed by atoms with Gasteiger partial charge in [-0.15, -0.1) is 0 Å². The zero-order valence-corrected chi connectivity index (χ0v) is 49.9. The summed E-state index contributed by atoms with van der Waals surface area (Å²) < 4.78 is 63.9. The van der Waals surface area contributed by atoms with Crippen LogP contribution in [0.25, 0.3) is 100 Å². The second-order valence-corrected chi connectivity index (χ2v) is 25.6. The van der Waals surface area contributed by atoms with Crippen LogP contribution in [0.5, 0.6) is 0 Å². The number of alkyl halides is 4. The molecule has 85 heavy (non-hydrogen) atoms. The summed E-state index contributed by atoms with van der Waals surface area (Å²) in [5.41, 5.74) is 25.5. The molecule has 0 aromatic heterocycles. The third-order valence-corrected chi connectivity index (χ3v) is 22.6. The Labute approximate surface area is 498 Å². The lowest BCUT2D eigenvalue weighted by Crippen LogP contribution is -2.38. The van der Waals surface area contributed by atoms with Gasteiger partial charge >= 0.3 is 6.18 Å². The van der Waals surface area contributed by atoms with Crippen molar-refractivity contribution in [2.24, 2.45) is 0 Å². The van der Waals surface area contributed by atoms with Crippen LogP contribution in [0, 0.1) is 0 Å². The largest absolute Gasteiger partial charge is 0.402 e. The molecule has 2 atom stereocenters. The monoisotopic (exact) mass is 1120 g/mol. The van der Waals surface area contributed by atoms with E-state index in [2.05, 4.69) is 187 Å². The van der Waals surface area contributed by atoms with Crippen LogP contribution in [-0.4, -0.2) is 12.9 Å². The molecule has 0 N–H and O–H groups in total. The maximum Gasteiger partial charge on any atom is 0.402 e. The van der Waals surface area contributed by atoms with Gasteiger partial charge in [0.05, 0.1) is 0 Å². The van der Waals surface area contributed by atoms with Crippen LogP contribution in [0.2, 0.25) is 0 Å². The Kier molecular flexibility index (Phi) is 11.8. The molecule has 15 rings (SSSR count). The Bertz CT molecular complexity index is 4460. The summed E-state index contributed by atoms with van der Waals surface area (Å²) in [4.78, 5) is 0. The minimum Gasteiger partial charge on any atom is -0.250 e. The molecule has 0 amide bonds. The maximum absolute atomic E-state index is 16.0. The van der Waals surface area contributed by atoms with Crippen LogP contribution in [0.4, 0.5) is 17.6 Å². The normalized spacial score (nSPS) is 18.8. The van der Waals surface area contributed by atoms with E-state index in [1.54, 1.807) is 12.1 Å². The second kappa shape index (κ2) is 18.7. The van der Waals surface area contributed by atoms with E-state index >= 15 is 17.6 Å². The van der Waals surface area contributed by atoms with Crippen molar-refractivity contribution in [3.05, 3.63) is 250 Å². The van der Waals surface area contributed by atoms with Gasteiger partial charge in [0.15, 0.2) is 0 Å². The Morgan fingerprint density at radius 1 is 0.271 bits per heavy atom. The summed E-state index contributed by atoms with van der Waals surface area (Å²) in [7, 11) is 0. The first-order valence-electron chi connectivity index (χ1n) is 31.1. The standard InChI is InChI=1S/C81H70F4/c1-9-78(10-2)68-29-21-17-25-54(68)58-37-33-50(41-72(58)78)62-45-74-64(43-60(62)48-31-35-56-52-23-15-19-27-66(52)76(7,47-82)70(56)39-48)65-44-61(49-32-36-57-53-24-16-20-28-67(53)77(8,71(57)40-49)81(83,84)85)63(46-75(65)80(74,13-5)14-6)51-34-38-59-55-26-18-22-30-69(55)79(11-3,12-4)73(59)42-51/h15-46H,9-14,47H2,1-8H3. The molecule has 5 aliphatic rings. The molecule has 422 valence electrons. The van der Waals surface area contributed by atoms with Gasteiger partial charge in [-0.25, -0.2) is 4.39 Å². The van der Waals surface area contributed by atoms with E-state index in [9.17, 15) is 0 Å². The van der Waals surface area contributed by atoms with E-state index in [1.807, 2.05) is 43.3 Å². The Morgan fingerprint density at radius 2 is 0.553 bits per heavy atom. The first-order valence-corrected chi connectivity index (χ1v) is 31.1. The molecule has 5 aliphatic carbocycles.